The number of hydrogen-bond acceptors (Lipinski definition) is 3. The number of benzene rings is 2. The average molecular weight is 311 g/mol. The van der Waals surface area contributed by atoms with Crippen molar-refractivity contribution in [3.05, 3.63) is 70.8 Å². The lowest BCUT2D eigenvalue weighted by molar-refractivity contribution is -0.124. The Labute approximate surface area is 136 Å². The summed E-state index contributed by atoms with van der Waals surface area (Å²) in [5.74, 6) is -0.807. The number of nitrogens with one attached hydrogen (secondary N) is 1. The molecule has 2 rings (SSSR count). The number of ether oxygens (including phenoxy) is 1. The summed E-state index contributed by atoms with van der Waals surface area (Å²) in [5, 5.41) is 2.81. The van der Waals surface area contributed by atoms with Gasteiger partial charge in [-0.25, -0.2) is 4.79 Å². The van der Waals surface area contributed by atoms with Gasteiger partial charge in [0.2, 0.25) is 0 Å². The number of rotatable bonds is 5. The second kappa shape index (κ2) is 7.58. The number of carbonyl (C=O) groups is 2. The molecule has 4 heteroatoms. The first-order chi connectivity index (χ1) is 11.0. The monoisotopic (exact) mass is 311 g/mol. The molecule has 1 N–H and O–H groups in total. The third-order valence-electron chi connectivity index (χ3n) is 3.47. The van der Waals surface area contributed by atoms with Crippen molar-refractivity contribution in [1.82, 2.24) is 5.32 Å². The zero-order valence-electron chi connectivity index (χ0n) is 13.6. The molecule has 1 amide bonds. The maximum atomic E-state index is 12.0. The first-order valence-corrected chi connectivity index (χ1v) is 7.55. The van der Waals surface area contributed by atoms with Gasteiger partial charge in [-0.15, -0.1) is 0 Å². The Hall–Kier alpha value is -2.62. The molecule has 0 saturated carbocycles. The van der Waals surface area contributed by atoms with Crippen LogP contribution >= 0.6 is 0 Å². The zero-order chi connectivity index (χ0) is 16.8. The molecule has 0 saturated heterocycles. The Bertz CT molecular complexity index is 675. The third kappa shape index (κ3) is 4.95. The average Bonchev–Trinajstić information content (AvgIpc) is 2.52. The zero-order valence-corrected chi connectivity index (χ0v) is 13.6. The summed E-state index contributed by atoms with van der Waals surface area (Å²) in [6, 6.07) is 15.0. The van der Waals surface area contributed by atoms with Crippen molar-refractivity contribution >= 4 is 11.9 Å². The van der Waals surface area contributed by atoms with Crippen LogP contribution in [-0.2, 0) is 9.53 Å². The highest BCUT2D eigenvalue weighted by Gasteiger charge is 2.13. The van der Waals surface area contributed by atoms with E-state index >= 15 is 0 Å². The molecule has 120 valence electrons. The van der Waals surface area contributed by atoms with Gasteiger partial charge in [-0.05, 0) is 38.5 Å². The van der Waals surface area contributed by atoms with Crippen molar-refractivity contribution in [1.29, 1.82) is 0 Å². The standard InChI is InChI=1S/C19H21NO3/c1-13-9-14(2)11-17(10-13)19(22)23-12-18(21)20-15(3)16-7-5-4-6-8-16/h4-11,15H,12H2,1-3H3,(H,20,21)/t15-/m0/s1. The number of aryl methyl sites for hydroxylation is 2. The highest BCUT2D eigenvalue weighted by atomic mass is 16.5. The summed E-state index contributed by atoms with van der Waals surface area (Å²) in [6.07, 6.45) is 0. The summed E-state index contributed by atoms with van der Waals surface area (Å²) < 4.78 is 5.09. The minimum Gasteiger partial charge on any atom is -0.452 e. The quantitative estimate of drug-likeness (QED) is 0.862. The Morgan fingerprint density at radius 1 is 1.04 bits per heavy atom. The lowest BCUT2D eigenvalue weighted by atomic mass is 10.1. The second-order valence-corrected chi connectivity index (χ2v) is 5.65. The van der Waals surface area contributed by atoms with Gasteiger partial charge in [0.1, 0.15) is 0 Å². The predicted octanol–water partition coefficient (Wildman–Crippen LogP) is 3.34. The number of carbonyl (C=O) groups excluding carboxylic acids is 2. The SMILES string of the molecule is Cc1cc(C)cc(C(=O)OCC(=O)N[C@@H](C)c2ccccc2)c1. The Morgan fingerprint density at radius 2 is 1.65 bits per heavy atom. The van der Waals surface area contributed by atoms with E-state index in [0.717, 1.165) is 16.7 Å². The summed E-state index contributed by atoms with van der Waals surface area (Å²) in [7, 11) is 0. The first-order valence-electron chi connectivity index (χ1n) is 7.55. The summed E-state index contributed by atoms with van der Waals surface area (Å²) in [4.78, 5) is 23.9. The summed E-state index contributed by atoms with van der Waals surface area (Å²) >= 11 is 0. The van der Waals surface area contributed by atoms with Crippen LogP contribution in [-0.4, -0.2) is 18.5 Å². The molecule has 0 unspecified atom stereocenters. The molecule has 0 aliphatic carbocycles. The van der Waals surface area contributed by atoms with Gasteiger partial charge in [0, 0.05) is 0 Å². The largest absolute Gasteiger partial charge is 0.452 e. The second-order valence-electron chi connectivity index (χ2n) is 5.65. The molecule has 0 spiro atoms. The van der Waals surface area contributed by atoms with E-state index in [1.807, 2.05) is 57.2 Å². The van der Waals surface area contributed by atoms with E-state index in [1.54, 1.807) is 12.1 Å². The van der Waals surface area contributed by atoms with Gasteiger partial charge < -0.3 is 10.1 Å². The molecule has 0 aliphatic rings. The van der Waals surface area contributed by atoms with Crippen molar-refractivity contribution in [3.8, 4) is 0 Å². The van der Waals surface area contributed by atoms with Crippen LogP contribution in [0.3, 0.4) is 0 Å². The Kier molecular flexibility index (Phi) is 5.52. The van der Waals surface area contributed by atoms with Gasteiger partial charge in [-0.1, -0.05) is 47.5 Å². The smallest absolute Gasteiger partial charge is 0.338 e. The van der Waals surface area contributed by atoms with Crippen LogP contribution < -0.4 is 5.32 Å². The van der Waals surface area contributed by atoms with E-state index in [9.17, 15) is 9.59 Å². The van der Waals surface area contributed by atoms with E-state index < -0.39 is 5.97 Å². The molecule has 0 heterocycles. The lowest BCUT2D eigenvalue weighted by Crippen LogP contribution is -2.31. The highest BCUT2D eigenvalue weighted by Crippen LogP contribution is 2.12. The van der Waals surface area contributed by atoms with Gasteiger partial charge >= 0.3 is 5.97 Å². The van der Waals surface area contributed by atoms with Crippen molar-refractivity contribution in [2.75, 3.05) is 6.61 Å². The fourth-order valence-corrected chi connectivity index (χ4v) is 2.42. The lowest BCUT2D eigenvalue weighted by Gasteiger charge is -2.14. The minimum absolute atomic E-state index is 0.136. The summed E-state index contributed by atoms with van der Waals surface area (Å²) in [5.41, 5.74) is 3.44. The molecule has 0 radical (unpaired) electrons. The fourth-order valence-electron chi connectivity index (χ4n) is 2.42. The molecule has 0 fully saturated rings. The van der Waals surface area contributed by atoms with E-state index in [1.165, 1.54) is 0 Å². The van der Waals surface area contributed by atoms with Gasteiger partial charge in [0.05, 0.1) is 11.6 Å². The predicted molar refractivity (Wildman–Crippen MR) is 89.2 cm³/mol. The molecule has 0 bridgehead atoms. The van der Waals surface area contributed by atoms with Crippen LogP contribution in [0.5, 0.6) is 0 Å². The van der Waals surface area contributed by atoms with E-state index in [0.29, 0.717) is 5.56 Å². The maximum absolute atomic E-state index is 12.0. The Balaban J connectivity index is 1.87. The van der Waals surface area contributed by atoms with Gasteiger partial charge in [-0.3, -0.25) is 4.79 Å². The van der Waals surface area contributed by atoms with Crippen LogP contribution in [0.4, 0.5) is 0 Å². The van der Waals surface area contributed by atoms with Crippen molar-refractivity contribution in [2.24, 2.45) is 0 Å². The molecule has 1 atom stereocenters. The van der Waals surface area contributed by atoms with Crippen molar-refractivity contribution < 1.29 is 14.3 Å². The molecule has 2 aromatic carbocycles. The molecule has 2 aromatic rings. The van der Waals surface area contributed by atoms with Crippen LogP contribution in [0.1, 0.15) is 40.0 Å². The number of amides is 1. The van der Waals surface area contributed by atoms with Gasteiger partial charge in [0.25, 0.3) is 5.91 Å². The van der Waals surface area contributed by atoms with Crippen LogP contribution in [0.15, 0.2) is 48.5 Å². The molecular weight excluding hydrogens is 290 g/mol. The van der Waals surface area contributed by atoms with Crippen molar-refractivity contribution in [3.63, 3.8) is 0 Å². The van der Waals surface area contributed by atoms with Crippen LogP contribution in [0.2, 0.25) is 0 Å². The number of esters is 1. The fraction of sp³-hybridized carbons (Fsp3) is 0.263. The van der Waals surface area contributed by atoms with Crippen molar-refractivity contribution in [2.45, 2.75) is 26.8 Å². The summed E-state index contributed by atoms with van der Waals surface area (Å²) in [6.45, 7) is 5.43. The molecule has 0 aromatic heterocycles. The third-order valence-corrected chi connectivity index (χ3v) is 3.47. The van der Waals surface area contributed by atoms with E-state index in [4.69, 9.17) is 4.74 Å². The normalized spacial score (nSPS) is 11.6. The maximum Gasteiger partial charge on any atom is 0.338 e. The van der Waals surface area contributed by atoms with Gasteiger partial charge in [-0.2, -0.15) is 0 Å². The first kappa shape index (κ1) is 16.7. The van der Waals surface area contributed by atoms with Gasteiger partial charge in [0.15, 0.2) is 6.61 Å². The molecule has 0 aliphatic heterocycles. The van der Waals surface area contributed by atoms with E-state index in [-0.39, 0.29) is 18.6 Å². The highest BCUT2D eigenvalue weighted by molar-refractivity contribution is 5.91. The number of hydrogen-bond donors (Lipinski definition) is 1. The molecular formula is C19H21NO3. The minimum atomic E-state index is -0.487. The molecule has 4 nitrogen and oxygen atoms in total. The topological polar surface area (TPSA) is 55.4 Å². The Morgan fingerprint density at radius 3 is 2.26 bits per heavy atom. The molecule has 23 heavy (non-hydrogen) atoms. The van der Waals surface area contributed by atoms with Crippen LogP contribution in [0, 0.1) is 13.8 Å². The van der Waals surface area contributed by atoms with E-state index in [2.05, 4.69) is 5.32 Å². The van der Waals surface area contributed by atoms with Crippen LogP contribution in [0.25, 0.3) is 0 Å².